The SMILES string of the molecule is CCN(CC(=O)O)C1CC(NC(=O)c2cc(Br)c3c(c2)OCO3)C1. The van der Waals surface area contributed by atoms with Crippen molar-refractivity contribution in [2.24, 2.45) is 0 Å². The molecule has 0 atom stereocenters. The average Bonchev–Trinajstić information content (AvgIpc) is 2.97. The van der Waals surface area contributed by atoms with Gasteiger partial charge >= 0.3 is 5.97 Å². The van der Waals surface area contributed by atoms with Gasteiger partial charge in [-0.1, -0.05) is 6.92 Å². The number of hydrogen-bond donors (Lipinski definition) is 2. The van der Waals surface area contributed by atoms with E-state index >= 15 is 0 Å². The number of halogens is 1. The van der Waals surface area contributed by atoms with E-state index in [2.05, 4.69) is 21.2 Å². The second kappa shape index (κ2) is 6.98. The Morgan fingerprint density at radius 1 is 1.38 bits per heavy atom. The molecule has 0 radical (unpaired) electrons. The van der Waals surface area contributed by atoms with Crippen molar-refractivity contribution in [3.63, 3.8) is 0 Å². The number of likely N-dealkylation sites (N-methyl/N-ethyl adjacent to an activating group) is 1. The van der Waals surface area contributed by atoms with Crippen molar-refractivity contribution in [1.82, 2.24) is 10.2 Å². The Hall–Kier alpha value is -1.80. The van der Waals surface area contributed by atoms with Crippen LogP contribution in [0, 0.1) is 0 Å². The Kier molecular flexibility index (Phi) is 4.96. The predicted octanol–water partition coefficient (Wildman–Crippen LogP) is 1.85. The molecule has 2 N–H and O–H groups in total. The Labute approximate surface area is 148 Å². The van der Waals surface area contributed by atoms with Gasteiger partial charge in [-0.25, -0.2) is 0 Å². The van der Waals surface area contributed by atoms with Crippen LogP contribution in [-0.2, 0) is 4.79 Å². The van der Waals surface area contributed by atoms with Gasteiger partial charge in [-0.15, -0.1) is 0 Å². The molecular formula is C16H19BrN2O5. The van der Waals surface area contributed by atoms with Crippen molar-refractivity contribution in [3.05, 3.63) is 22.2 Å². The highest BCUT2D eigenvalue weighted by Gasteiger charge is 2.35. The van der Waals surface area contributed by atoms with Gasteiger partial charge < -0.3 is 19.9 Å². The van der Waals surface area contributed by atoms with Crippen LogP contribution in [0.25, 0.3) is 0 Å². The zero-order chi connectivity index (χ0) is 17.3. The third-order valence-corrected chi connectivity index (χ3v) is 4.99. The van der Waals surface area contributed by atoms with E-state index < -0.39 is 5.97 Å². The first-order valence-electron chi connectivity index (χ1n) is 7.83. The topological polar surface area (TPSA) is 88.1 Å². The molecule has 1 aliphatic carbocycles. The number of carbonyl (C=O) groups excluding carboxylic acids is 1. The molecule has 0 aromatic heterocycles. The molecule has 130 valence electrons. The van der Waals surface area contributed by atoms with Gasteiger partial charge in [0.15, 0.2) is 11.5 Å². The summed E-state index contributed by atoms with van der Waals surface area (Å²) < 4.78 is 11.3. The van der Waals surface area contributed by atoms with E-state index in [1.54, 1.807) is 12.1 Å². The van der Waals surface area contributed by atoms with Gasteiger partial charge in [-0.05, 0) is 47.4 Å². The first-order chi connectivity index (χ1) is 11.5. The second-order valence-electron chi connectivity index (χ2n) is 5.94. The highest BCUT2D eigenvalue weighted by Crippen LogP contribution is 2.40. The summed E-state index contributed by atoms with van der Waals surface area (Å²) in [6, 6.07) is 3.65. The lowest BCUT2D eigenvalue weighted by Crippen LogP contribution is -2.54. The van der Waals surface area contributed by atoms with Gasteiger partial charge in [0.05, 0.1) is 11.0 Å². The van der Waals surface area contributed by atoms with E-state index in [9.17, 15) is 9.59 Å². The van der Waals surface area contributed by atoms with Crippen LogP contribution in [-0.4, -0.2) is 53.8 Å². The number of fused-ring (bicyclic) bond motifs is 1. The fraction of sp³-hybridized carbons (Fsp3) is 0.500. The van der Waals surface area contributed by atoms with Gasteiger partial charge in [-0.2, -0.15) is 0 Å². The Balaban J connectivity index is 1.56. The van der Waals surface area contributed by atoms with Crippen LogP contribution < -0.4 is 14.8 Å². The highest BCUT2D eigenvalue weighted by atomic mass is 79.9. The van der Waals surface area contributed by atoms with Crippen LogP contribution >= 0.6 is 15.9 Å². The lowest BCUT2D eigenvalue weighted by Gasteiger charge is -2.42. The molecule has 1 aromatic rings. The largest absolute Gasteiger partial charge is 0.480 e. The predicted molar refractivity (Wildman–Crippen MR) is 89.4 cm³/mol. The van der Waals surface area contributed by atoms with Crippen molar-refractivity contribution in [3.8, 4) is 11.5 Å². The fourth-order valence-corrected chi connectivity index (χ4v) is 3.60. The number of ether oxygens (including phenoxy) is 2. The number of rotatable bonds is 6. The number of hydrogen-bond acceptors (Lipinski definition) is 5. The van der Waals surface area contributed by atoms with Crippen LogP contribution in [0.1, 0.15) is 30.1 Å². The van der Waals surface area contributed by atoms with Gasteiger partial charge in [0.2, 0.25) is 6.79 Å². The normalized spacial score (nSPS) is 21.5. The van der Waals surface area contributed by atoms with Crippen LogP contribution in [0.5, 0.6) is 11.5 Å². The molecule has 1 aromatic carbocycles. The monoisotopic (exact) mass is 398 g/mol. The van der Waals surface area contributed by atoms with Crippen molar-refractivity contribution in [2.45, 2.75) is 31.8 Å². The smallest absolute Gasteiger partial charge is 0.317 e. The minimum absolute atomic E-state index is 0.0386. The van der Waals surface area contributed by atoms with Crippen LogP contribution in [0.4, 0.5) is 0 Å². The number of carboxylic acid groups (broad SMARTS) is 1. The number of benzene rings is 1. The van der Waals surface area contributed by atoms with E-state index in [0.717, 1.165) is 12.8 Å². The fourth-order valence-electron chi connectivity index (χ4n) is 3.04. The molecule has 7 nitrogen and oxygen atoms in total. The summed E-state index contributed by atoms with van der Waals surface area (Å²) in [6.45, 7) is 2.82. The van der Waals surface area contributed by atoms with Gasteiger partial charge in [0, 0.05) is 17.6 Å². The van der Waals surface area contributed by atoms with Crippen molar-refractivity contribution < 1.29 is 24.2 Å². The first-order valence-corrected chi connectivity index (χ1v) is 8.63. The van der Waals surface area contributed by atoms with E-state index in [4.69, 9.17) is 14.6 Å². The molecule has 0 saturated heterocycles. The Morgan fingerprint density at radius 2 is 2.12 bits per heavy atom. The minimum atomic E-state index is -0.824. The summed E-state index contributed by atoms with van der Waals surface area (Å²) in [7, 11) is 0. The first kappa shape index (κ1) is 17.0. The van der Waals surface area contributed by atoms with Gasteiger partial charge in [-0.3, -0.25) is 14.5 Å². The number of amides is 1. The van der Waals surface area contributed by atoms with E-state index in [1.165, 1.54) is 0 Å². The van der Waals surface area contributed by atoms with E-state index in [1.807, 2.05) is 11.8 Å². The molecular weight excluding hydrogens is 380 g/mol. The average molecular weight is 399 g/mol. The molecule has 1 fully saturated rings. The molecule has 8 heteroatoms. The number of nitrogens with one attached hydrogen (secondary N) is 1. The Bertz CT molecular complexity index is 660. The maximum atomic E-state index is 12.4. The molecule has 24 heavy (non-hydrogen) atoms. The molecule has 0 bridgehead atoms. The summed E-state index contributed by atoms with van der Waals surface area (Å²) in [4.78, 5) is 25.2. The third kappa shape index (κ3) is 3.49. The third-order valence-electron chi connectivity index (χ3n) is 4.40. The summed E-state index contributed by atoms with van der Waals surface area (Å²) in [5.74, 6) is 0.176. The standard InChI is InChI=1S/C16H19BrN2O5/c1-2-19(7-14(20)21)11-5-10(6-11)18-16(22)9-3-12(17)15-13(4-9)23-8-24-15/h3-4,10-11H,2,5-8H2,1H3,(H,18,22)(H,20,21). The molecule has 0 spiro atoms. The lowest BCUT2D eigenvalue weighted by atomic mass is 9.85. The summed E-state index contributed by atoms with van der Waals surface area (Å²) in [6.07, 6.45) is 1.52. The molecule has 2 aliphatic rings. The number of aliphatic carboxylic acids is 1. The van der Waals surface area contributed by atoms with Gasteiger partial charge in [0.1, 0.15) is 0 Å². The maximum absolute atomic E-state index is 12.4. The minimum Gasteiger partial charge on any atom is -0.480 e. The summed E-state index contributed by atoms with van der Waals surface area (Å²) >= 11 is 3.38. The molecule has 1 heterocycles. The van der Waals surface area contributed by atoms with E-state index in [-0.39, 0.29) is 31.3 Å². The van der Waals surface area contributed by atoms with Crippen molar-refractivity contribution >= 4 is 27.8 Å². The number of nitrogens with zero attached hydrogens (tertiary/aromatic N) is 1. The van der Waals surface area contributed by atoms with Crippen molar-refractivity contribution in [2.75, 3.05) is 19.9 Å². The van der Waals surface area contributed by atoms with E-state index in [0.29, 0.717) is 28.1 Å². The molecule has 1 amide bonds. The zero-order valence-electron chi connectivity index (χ0n) is 13.3. The summed E-state index contributed by atoms with van der Waals surface area (Å²) in [5, 5.41) is 11.9. The van der Waals surface area contributed by atoms with Gasteiger partial charge in [0.25, 0.3) is 5.91 Å². The number of carbonyl (C=O) groups is 2. The second-order valence-corrected chi connectivity index (χ2v) is 6.80. The van der Waals surface area contributed by atoms with Crippen LogP contribution in [0.15, 0.2) is 16.6 Å². The molecule has 3 rings (SSSR count). The zero-order valence-corrected chi connectivity index (χ0v) is 14.8. The Morgan fingerprint density at radius 3 is 2.79 bits per heavy atom. The van der Waals surface area contributed by atoms with Crippen molar-refractivity contribution in [1.29, 1.82) is 0 Å². The molecule has 1 saturated carbocycles. The molecule has 1 aliphatic heterocycles. The maximum Gasteiger partial charge on any atom is 0.317 e. The van der Waals surface area contributed by atoms with Crippen LogP contribution in [0.2, 0.25) is 0 Å². The highest BCUT2D eigenvalue weighted by molar-refractivity contribution is 9.10. The number of carboxylic acids is 1. The van der Waals surface area contributed by atoms with Crippen LogP contribution in [0.3, 0.4) is 0 Å². The molecule has 0 unspecified atom stereocenters. The lowest BCUT2D eigenvalue weighted by molar-refractivity contribution is -0.139. The summed E-state index contributed by atoms with van der Waals surface area (Å²) in [5.41, 5.74) is 0.507. The quantitative estimate of drug-likeness (QED) is 0.759.